The normalized spacial score (nSPS) is 17.0. The van der Waals surface area contributed by atoms with E-state index in [2.05, 4.69) is 15.7 Å². The topological polar surface area (TPSA) is 81.0 Å². The van der Waals surface area contributed by atoms with Gasteiger partial charge < -0.3 is 15.2 Å². The highest BCUT2D eigenvalue weighted by Crippen LogP contribution is 2.13. The molecule has 0 bridgehead atoms. The molecule has 0 aromatic carbocycles. The number of anilines is 1. The second-order valence-corrected chi connectivity index (χ2v) is 6.37. The zero-order valence-electron chi connectivity index (χ0n) is 14.5. The summed E-state index contributed by atoms with van der Waals surface area (Å²) in [6, 6.07) is 3.52. The van der Waals surface area contributed by atoms with E-state index in [1.165, 1.54) is 0 Å². The lowest BCUT2D eigenvalue weighted by atomic mass is 9.99. The number of aromatic nitrogens is 3. The van der Waals surface area contributed by atoms with Crippen molar-refractivity contribution in [2.75, 3.05) is 18.4 Å². The van der Waals surface area contributed by atoms with Crippen molar-refractivity contribution in [2.45, 2.75) is 26.3 Å². The zero-order chi connectivity index (χ0) is 17.1. The third-order valence-electron chi connectivity index (χ3n) is 4.41. The predicted molar refractivity (Wildman–Crippen MR) is 99.4 cm³/mol. The summed E-state index contributed by atoms with van der Waals surface area (Å²) < 4.78 is 3.25. The maximum atomic E-state index is 12.8. The second kappa shape index (κ2) is 8.31. The first-order valence-corrected chi connectivity index (χ1v) is 8.26. The lowest BCUT2D eigenvalue weighted by Gasteiger charge is -2.23. The Labute approximate surface area is 152 Å². The van der Waals surface area contributed by atoms with E-state index in [0.29, 0.717) is 23.8 Å². The van der Waals surface area contributed by atoms with Gasteiger partial charge in [0.25, 0.3) is 11.5 Å². The predicted octanol–water partition coefficient (Wildman–Crippen LogP) is 1.56. The largest absolute Gasteiger partial charge is 0.316 e. The minimum Gasteiger partial charge on any atom is -0.316 e. The van der Waals surface area contributed by atoms with Crippen molar-refractivity contribution in [1.29, 1.82) is 0 Å². The van der Waals surface area contributed by atoms with Crippen LogP contribution in [0.4, 0.5) is 5.82 Å². The van der Waals surface area contributed by atoms with Crippen molar-refractivity contribution in [3.63, 3.8) is 0 Å². The molecule has 25 heavy (non-hydrogen) atoms. The average molecular weight is 366 g/mol. The van der Waals surface area contributed by atoms with Crippen LogP contribution in [-0.2, 0) is 13.6 Å². The van der Waals surface area contributed by atoms with Gasteiger partial charge in [-0.2, -0.15) is 5.10 Å². The molecular formula is C17H24ClN5O2. The molecule has 0 radical (unpaired) electrons. The van der Waals surface area contributed by atoms with E-state index in [9.17, 15) is 9.59 Å². The fourth-order valence-corrected chi connectivity index (χ4v) is 3.10. The highest BCUT2D eigenvalue weighted by molar-refractivity contribution is 6.04. The first kappa shape index (κ1) is 19.2. The Hall–Kier alpha value is -2.12. The van der Waals surface area contributed by atoms with Crippen molar-refractivity contribution >= 4 is 24.1 Å². The number of nitrogens with zero attached hydrogens (tertiary/aromatic N) is 3. The fourth-order valence-electron chi connectivity index (χ4n) is 3.10. The summed E-state index contributed by atoms with van der Waals surface area (Å²) in [7, 11) is 1.77. The third-order valence-corrected chi connectivity index (χ3v) is 4.41. The number of carbonyl (C=O) groups excluding carboxylic acids is 1. The molecule has 136 valence electrons. The van der Waals surface area contributed by atoms with Crippen molar-refractivity contribution in [3.05, 3.63) is 46.0 Å². The summed E-state index contributed by atoms with van der Waals surface area (Å²) >= 11 is 0. The number of nitrogens with one attached hydrogen (secondary N) is 2. The molecule has 2 N–H and O–H groups in total. The Bertz CT molecular complexity index is 793. The monoisotopic (exact) mass is 365 g/mol. The summed E-state index contributed by atoms with van der Waals surface area (Å²) in [5.41, 5.74) is 0.618. The van der Waals surface area contributed by atoms with Gasteiger partial charge in [0, 0.05) is 32.1 Å². The standard InChI is InChI=1S/C17H23N5O2.ClH/c1-12-5-9-22(11-13-4-3-7-18-10-13)17(24)15(12)16(23)19-14-6-8-21(2)20-14;/h5-6,8-9,13,18H,3-4,7,10-11H2,1-2H3,(H,19,20,23);1H. The average Bonchev–Trinajstić information content (AvgIpc) is 2.96. The molecule has 1 aliphatic heterocycles. The number of hydrogen-bond donors (Lipinski definition) is 2. The van der Waals surface area contributed by atoms with Gasteiger partial charge in [-0.05, 0) is 50.4 Å². The van der Waals surface area contributed by atoms with Crippen molar-refractivity contribution in [1.82, 2.24) is 19.7 Å². The Morgan fingerprint density at radius 1 is 1.40 bits per heavy atom. The van der Waals surface area contributed by atoms with Crippen molar-refractivity contribution in [2.24, 2.45) is 13.0 Å². The van der Waals surface area contributed by atoms with E-state index in [1.54, 1.807) is 41.7 Å². The summed E-state index contributed by atoms with van der Waals surface area (Å²) in [6.45, 7) is 4.37. The number of halogens is 1. The second-order valence-electron chi connectivity index (χ2n) is 6.37. The Kier molecular flexibility index (Phi) is 6.39. The summed E-state index contributed by atoms with van der Waals surface area (Å²) in [5.74, 6) is 0.450. The van der Waals surface area contributed by atoms with Crippen LogP contribution in [0.15, 0.2) is 29.3 Å². The summed E-state index contributed by atoms with van der Waals surface area (Å²) in [5, 5.41) is 10.2. The highest BCUT2D eigenvalue weighted by Gasteiger charge is 2.19. The van der Waals surface area contributed by atoms with Crippen molar-refractivity contribution in [3.8, 4) is 0 Å². The van der Waals surface area contributed by atoms with E-state index in [4.69, 9.17) is 0 Å². The van der Waals surface area contributed by atoms with Crippen molar-refractivity contribution < 1.29 is 4.79 Å². The van der Waals surface area contributed by atoms with Gasteiger partial charge in [0.15, 0.2) is 5.82 Å². The maximum Gasteiger partial charge on any atom is 0.263 e. The number of aryl methyl sites for hydroxylation is 2. The van der Waals surface area contributed by atoms with E-state index in [1.807, 2.05) is 6.07 Å². The molecule has 0 saturated carbocycles. The Morgan fingerprint density at radius 2 is 2.20 bits per heavy atom. The van der Waals surface area contributed by atoms with Crippen LogP contribution in [0.1, 0.15) is 28.8 Å². The van der Waals surface area contributed by atoms with Gasteiger partial charge in [0.2, 0.25) is 0 Å². The lowest BCUT2D eigenvalue weighted by molar-refractivity contribution is 0.102. The van der Waals surface area contributed by atoms with E-state index < -0.39 is 5.91 Å². The van der Waals surface area contributed by atoms with Crippen LogP contribution in [-0.4, -0.2) is 33.3 Å². The molecule has 2 aromatic rings. The van der Waals surface area contributed by atoms with E-state index >= 15 is 0 Å². The molecule has 1 amide bonds. The maximum absolute atomic E-state index is 12.8. The van der Waals surface area contributed by atoms with Gasteiger partial charge >= 0.3 is 0 Å². The molecule has 0 spiro atoms. The van der Waals surface area contributed by atoms with Gasteiger partial charge in [0.1, 0.15) is 5.56 Å². The van der Waals surface area contributed by atoms with Crippen LogP contribution in [0.3, 0.4) is 0 Å². The molecule has 3 rings (SSSR count). The minimum absolute atomic E-state index is 0. The number of rotatable bonds is 4. The molecule has 1 unspecified atom stereocenters. The number of piperidine rings is 1. The van der Waals surface area contributed by atoms with Gasteiger partial charge in [-0.25, -0.2) is 0 Å². The van der Waals surface area contributed by atoms with Crippen LogP contribution in [0.5, 0.6) is 0 Å². The summed E-state index contributed by atoms with van der Waals surface area (Å²) in [4.78, 5) is 25.3. The molecule has 3 heterocycles. The molecule has 2 aromatic heterocycles. The Balaban J connectivity index is 0.00000225. The van der Waals surface area contributed by atoms with Crippen LogP contribution in [0.25, 0.3) is 0 Å². The summed E-state index contributed by atoms with van der Waals surface area (Å²) in [6.07, 6.45) is 5.74. The third kappa shape index (κ3) is 4.49. The highest BCUT2D eigenvalue weighted by atomic mass is 35.5. The molecule has 8 heteroatoms. The number of pyridine rings is 1. The lowest BCUT2D eigenvalue weighted by Crippen LogP contribution is -2.36. The fraction of sp³-hybridized carbons (Fsp3) is 0.471. The van der Waals surface area contributed by atoms with Crippen LogP contribution in [0.2, 0.25) is 0 Å². The molecule has 1 atom stereocenters. The van der Waals surface area contributed by atoms with Gasteiger partial charge in [-0.3, -0.25) is 14.3 Å². The van der Waals surface area contributed by atoms with Crippen LogP contribution >= 0.6 is 12.4 Å². The van der Waals surface area contributed by atoms with Crippen LogP contribution in [0, 0.1) is 12.8 Å². The molecule has 1 fully saturated rings. The van der Waals surface area contributed by atoms with Gasteiger partial charge in [-0.15, -0.1) is 12.4 Å². The number of carbonyl (C=O) groups is 1. The Morgan fingerprint density at radius 3 is 2.84 bits per heavy atom. The van der Waals surface area contributed by atoms with Crippen LogP contribution < -0.4 is 16.2 Å². The smallest absolute Gasteiger partial charge is 0.263 e. The molecule has 0 aliphatic carbocycles. The first-order chi connectivity index (χ1) is 11.5. The molecular weight excluding hydrogens is 342 g/mol. The first-order valence-electron chi connectivity index (χ1n) is 8.26. The van der Waals surface area contributed by atoms with Gasteiger partial charge in [-0.1, -0.05) is 0 Å². The zero-order valence-corrected chi connectivity index (χ0v) is 15.3. The molecule has 7 nitrogen and oxygen atoms in total. The minimum atomic E-state index is -0.410. The van der Waals surface area contributed by atoms with E-state index in [0.717, 1.165) is 25.9 Å². The molecule has 1 aliphatic rings. The quantitative estimate of drug-likeness (QED) is 0.861. The number of amides is 1. The number of hydrogen-bond acceptors (Lipinski definition) is 4. The SMILES string of the molecule is Cc1ccn(CC2CCCNC2)c(=O)c1C(=O)Nc1ccn(C)n1.Cl. The van der Waals surface area contributed by atoms with Gasteiger partial charge in [0.05, 0.1) is 0 Å². The molecule has 1 saturated heterocycles. The van der Waals surface area contributed by atoms with E-state index in [-0.39, 0.29) is 23.5 Å².